The van der Waals surface area contributed by atoms with Gasteiger partial charge in [0.05, 0.1) is 12.2 Å². The maximum atomic E-state index is 10.5. The van der Waals surface area contributed by atoms with E-state index >= 15 is 0 Å². The van der Waals surface area contributed by atoms with Crippen LogP contribution in [-0.4, -0.2) is 21.0 Å². The normalized spacial score (nSPS) is 11.4. The van der Waals surface area contributed by atoms with Crippen LogP contribution in [0.5, 0.6) is 0 Å². The molecule has 4 nitrogen and oxygen atoms in total. The van der Waals surface area contributed by atoms with Gasteiger partial charge in [-0.2, -0.15) is 0 Å². The molecule has 1 heterocycles. The molecule has 0 aliphatic heterocycles. The summed E-state index contributed by atoms with van der Waals surface area (Å²) in [7, 11) is 0. The van der Waals surface area contributed by atoms with E-state index in [1.165, 1.54) is 6.08 Å². The molecule has 0 saturated heterocycles. The summed E-state index contributed by atoms with van der Waals surface area (Å²) >= 11 is 0. The van der Waals surface area contributed by atoms with Crippen LogP contribution in [-0.2, 0) is 4.79 Å². The van der Waals surface area contributed by atoms with Crippen molar-refractivity contribution in [3.8, 4) is 0 Å². The first-order chi connectivity index (χ1) is 6.89. The third-order valence-corrected chi connectivity index (χ3v) is 1.84. The van der Waals surface area contributed by atoms with Crippen molar-refractivity contribution in [2.75, 3.05) is 0 Å². The summed E-state index contributed by atoms with van der Waals surface area (Å²) in [5, 5.41) is 8.64. The number of H-pyrrole nitrogens is 1. The number of carboxylic acid groups (broad SMARTS) is 1. The van der Waals surface area contributed by atoms with Gasteiger partial charge in [-0.15, -0.1) is 23.6 Å². The summed E-state index contributed by atoms with van der Waals surface area (Å²) in [4.78, 5) is 16.9. The maximum Gasteiger partial charge on any atom is 0.310 e. The molecule has 0 bridgehead atoms. The molecule has 1 atom stereocenters. The van der Waals surface area contributed by atoms with Crippen LogP contribution in [0, 0.1) is 11.3 Å². The van der Waals surface area contributed by atoms with Gasteiger partial charge in [0.25, 0.3) is 0 Å². The fraction of sp³-hybridized carbons (Fsp3) is 0.455. The highest BCUT2D eigenvalue weighted by Gasteiger charge is 2.27. The van der Waals surface area contributed by atoms with Crippen molar-refractivity contribution in [1.82, 2.24) is 9.97 Å². The predicted molar refractivity (Wildman–Crippen MR) is 69.7 cm³/mol. The minimum atomic E-state index is -0.803. The zero-order valence-corrected chi connectivity index (χ0v) is 11.5. The maximum absolute atomic E-state index is 10.5. The summed E-state index contributed by atoms with van der Waals surface area (Å²) in [5.41, 5.74) is -0.229. The van der Waals surface area contributed by atoms with Crippen LogP contribution in [0.2, 0.25) is 0 Å². The number of aromatic amines is 1. The molecule has 1 aromatic heterocycles. The molecule has 2 N–H and O–H groups in total. The SMILES string of the molecule is Br.C=CC(C(=O)O)C(C)(C)C.c1c[nH]cn1. The molecule has 0 amide bonds. The van der Waals surface area contributed by atoms with Gasteiger partial charge in [0.1, 0.15) is 0 Å². The molecule has 0 aromatic carbocycles. The monoisotopic (exact) mass is 290 g/mol. The van der Waals surface area contributed by atoms with E-state index in [4.69, 9.17) is 5.11 Å². The van der Waals surface area contributed by atoms with E-state index in [0.717, 1.165) is 0 Å². The molecular formula is C11H19BrN2O2. The van der Waals surface area contributed by atoms with Crippen LogP contribution in [0.25, 0.3) is 0 Å². The first-order valence-electron chi connectivity index (χ1n) is 4.67. The Balaban J connectivity index is 0. The van der Waals surface area contributed by atoms with E-state index in [1.54, 1.807) is 18.7 Å². The second-order valence-electron chi connectivity index (χ2n) is 4.18. The van der Waals surface area contributed by atoms with Crippen LogP contribution in [0.3, 0.4) is 0 Å². The third kappa shape index (κ3) is 7.23. The summed E-state index contributed by atoms with van der Waals surface area (Å²) < 4.78 is 0. The molecule has 0 spiro atoms. The van der Waals surface area contributed by atoms with Crippen molar-refractivity contribution >= 4 is 23.0 Å². The molecular weight excluding hydrogens is 272 g/mol. The smallest absolute Gasteiger partial charge is 0.310 e. The lowest BCUT2D eigenvalue weighted by molar-refractivity contribution is -0.143. The van der Waals surface area contributed by atoms with Crippen molar-refractivity contribution in [1.29, 1.82) is 0 Å². The Morgan fingerprint density at radius 1 is 1.56 bits per heavy atom. The zero-order valence-electron chi connectivity index (χ0n) is 9.80. The summed E-state index contributed by atoms with van der Waals surface area (Å²) in [6.45, 7) is 9.12. The number of rotatable bonds is 2. The Morgan fingerprint density at radius 2 is 2.12 bits per heavy atom. The van der Waals surface area contributed by atoms with Gasteiger partial charge in [0.2, 0.25) is 0 Å². The van der Waals surface area contributed by atoms with Crippen LogP contribution in [0.4, 0.5) is 0 Å². The molecule has 1 aromatic rings. The Kier molecular flexibility index (Phi) is 8.76. The number of hydrogen-bond acceptors (Lipinski definition) is 2. The Labute approximate surface area is 107 Å². The topological polar surface area (TPSA) is 66.0 Å². The zero-order chi connectivity index (χ0) is 11.9. The second-order valence-corrected chi connectivity index (χ2v) is 4.18. The van der Waals surface area contributed by atoms with Gasteiger partial charge in [0, 0.05) is 12.4 Å². The Bertz CT molecular complexity index is 274. The highest BCUT2D eigenvalue weighted by molar-refractivity contribution is 8.93. The quantitative estimate of drug-likeness (QED) is 0.823. The fourth-order valence-corrected chi connectivity index (χ4v) is 1.04. The van der Waals surface area contributed by atoms with E-state index in [-0.39, 0.29) is 22.4 Å². The van der Waals surface area contributed by atoms with Crippen LogP contribution >= 0.6 is 17.0 Å². The van der Waals surface area contributed by atoms with E-state index in [1.807, 2.05) is 20.8 Å². The number of hydrogen-bond donors (Lipinski definition) is 2. The third-order valence-electron chi connectivity index (χ3n) is 1.84. The lowest BCUT2D eigenvalue weighted by Crippen LogP contribution is -2.26. The largest absolute Gasteiger partial charge is 0.481 e. The molecule has 0 radical (unpaired) electrons. The number of carboxylic acids is 1. The van der Waals surface area contributed by atoms with Gasteiger partial charge in [0.15, 0.2) is 0 Å². The first kappa shape index (κ1) is 17.3. The number of carbonyl (C=O) groups is 1. The highest BCUT2D eigenvalue weighted by Crippen LogP contribution is 2.26. The number of aromatic nitrogens is 2. The van der Waals surface area contributed by atoms with Crippen molar-refractivity contribution < 1.29 is 9.90 Å². The highest BCUT2D eigenvalue weighted by atomic mass is 79.9. The average molecular weight is 291 g/mol. The Hall–Kier alpha value is -1.10. The van der Waals surface area contributed by atoms with Crippen molar-refractivity contribution in [3.63, 3.8) is 0 Å². The van der Waals surface area contributed by atoms with E-state index in [0.29, 0.717) is 0 Å². The molecule has 16 heavy (non-hydrogen) atoms. The Morgan fingerprint density at radius 3 is 2.19 bits per heavy atom. The standard InChI is InChI=1S/C8H14O2.C3H4N2.BrH/c1-5-6(7(9)10)8(2,3)4;1-2-5-3-4-1;/h5-6H,1H2,2-4H3,(H,9,10);1-3H,(H,4,5);1H. The summed E-state index contributed by atoms with van der Waals surface area (Å²) in [6, 6.07) is 0. The van der Waals surface area contributed by atoms with Gasteiger partial charge in [-0.25, -0.2) is 4.98 Å². The number of nitrogens with zero attached hydrogens (tertiary/aromatic N) is 1. The van der Waals surface area contributed by atoms with Gasteiger partial charge >= 0.3 is 5.97 Å². The average Bonchev–Trinajstić information content (AvgIpc) is 2.57. The number of imidazole rings is 1. The van der Waals surface area contributed by atoms with E-state index < -0.39 is 11.9 Å². The minimum Gasteiger partial charge on any atom is -0.481 e. The number of nitrogens with one attached hydrogen (secondary N) is 1. The van der Waals surface area contributed by atoms with Crippen LogP contribution < -0.4 is 0 Å². The summed E-state index contributed by atoms with van der Waals surface area (Å²) in [6.07, 6.45) is 6.56. The van der Waals surface area contributed by atoms with Crippen LogP contribution in [0.1, 0.15) is 20.8 Å². The van der Waals surface area contributed by atoms with E-state index in [9.17, 15) is 4.79 Å². The van der Waals surface area contributed by atoms with Crippen LogP contribution in [0.15, 0.2) is 31.4 Å². The predicted octanol–water partition coefficient (Wildman–Crippen LogP) is 2.91. The molecule has 92 valence electrons. The van der Waals surface area contributed by atoms with Crippen molar-refractivity contribution in [2.24, 2.45) is 11.3 Å². The molecule has 1 rings (SSSR count). The van der Waals surface area contributed by atoms with Gasteiger partial charge in [-0.3, -0.25) is 4.79 Å². The van der Waals surface area contributed by atoms with Crippen molar-refractivity contribution in [3.05, 3.63) is 31.4 Å². The van der Waals surface area contributed by atoms with Crippen molar-refractivity contribution in [2.45, 2.75) is 20.8 Å². The molecule has 0 aliphatic rings. The summed E-state index contributed by atoms with van der Waals surface area (Å²) in [5.74, 6) is -1.25. The second kappa shape index (κ2) is 8.10. The molecule has 0 fully saturated rings. The molecule has 5 heteroatoms. The van der Waals surface area contributed by atoms with Gasteiger partial charge < -0.3 is 10.1 Å². The lowest BCUT2D eigenvalue weighted by Gasteiger charge is -2.23. The molecule has 0 saturated carbocycles. The molecule has 1 unspecified atom stereocenters. The van der Waals surface area contributed by atoms with E-state index in [2.05, 4.69) is 16.5 Å². The molecule has 0 aliphatic carbocycles. The number of halogens is 1. The lowest BCUT2D eigenvalue weighted by atomic mass is 9.81. The first-order valence-corrected chi connectivity index (χ1v) is 4.67. The minimum absolute atomic E-state index is 0. The number of aliphatic carboxylic acids is 1. The van der Waals surface area contributed by atoms with Gasteiger partial charge in [-0.1, -0.05) is 26.8 Å². The fourth-order valence-electron chi connectivity index (χ4n) is 1.04. The van der Waals surface area contributed by atoms with Gasteiger partial charge in [-0.05, 0) is 5.41 Å².